The Morgan fingerprint density at radius 1 is 1.20 bits per heavy atom. The maximum Gasteiger partial charge on any atom is 0.345 e. The van der Waals surface area contributed by atoms with Crippen LogP contribution in [0, 0.1) is 17.0 Å². The summed E-state index contributed by atoms with van der Waals surface area (Å²) >= 11 is 0. The number of rotatable bonds is 5. The van der Waals surface area contributed by atoms with E-state index in [1.54, 1.807) is 0 Å². The van der Waals surface area contributed by atoms with Gasteiger partial charge in [0.1, 0.15) is 5.56 Å². The number of carbonyl (C=O) groups is 1. The van der Waals surface area contributed by atoms with E-state index in [1.165, 1.54) is 24.3 Å². The second kappa shape index (κ2) is 6.91. The molecule has 0 N–H and O–H groups in total. The highest BCUT2D eigenvalue weighted by Crippen LogP contribution is 2.21. The second-order valence-corrected chi connectivity index (χ2v) is 5.18. The van der Waals surface area contributed by atoms with Crippen molar-refractivity contribution >= 4 is 11.7 Å². The fourth-order valence-corrected chi connectivity index (χ4v) is 2.26. The summed E-state index contributed by atoms with van der Waals surface area (Å²) in [5, 5.41) is 14.8. The van der Waals surface area contributed by atoms with Gasteiger partial charge in [-0.05, 0) is 18.6 Å². The fraction of sp³-hybridized carbons (Fsp3) is 0.118. The van der Waals surface area contributed by atoms with Gasteiger partial charge in [-0.15, -0.1) is 0 Å². The van der Waals surface area contributed by atoms with E-state index in [9.17, 15) is 14.9 Å². The first-order chi connectivity index (χ1) is 12.1. The van der Waals surface area contributed by atoms with Crippen LogP contribution in [-0.4, -0.2) is 21.0 Å². The molecule has 0 unspecified atom stereocenters. The summed E-state index contributed by atoms with van der Waals surface area (Å²) < 4.78 is 10.1. The van der Waals surface area contributed by atoms with Gasteiger partial charge in [0.2, 0.25) is 5.82 Å². The maximum atomic E-state index is 12.1. The number of carbonyl (C=O) groups excluding carboxylic acids is 1. The van der Waals surface area contributed by atoms with Crippen molar-refractivity contribution < 1.29 is 19.0 Å². The molecule has 0 bridgehead atoms. The summed E-state index contributed by atoms with van der Waals surface area (Å²) in [5.74, 6) is -0.344. The summed E-state index contributed by atoms with van der Waals surface area (Å²) in [5.41, 5.74) is 1.33. The minimum atomic E-state index is -0.831. The lowest BCUT2D eigenvalue weighted by Crippen LogP contribution is -2.08. The van der Waals surface area contributed by atoms with Gasteiger partial charge in [-0.3, -0.25) is 10.1 Å². The van der Waals surface area contributed by atoms with Crippen LogP contribution in [0.25, 0.3) is 11.4 Å². The van der Waals surface area contributed by atoms with E-state index in [-0.39, 0.29) is 23.7 Å². The predicted octanol–water partition coefficient (Wildman–Crippen LogP) is 3.31. The zero-order valence-corrected chi connectivity index (χ0v) is 13.2. The molecule has 0 aliphatic rings. The molecule has 0 radical (unpaired) electrons. The zero-order chi connectivity index (χ0) is 17.8. The lowest BCUT2D eigenvalue weighted by Gasteiger charge is -2.02. The number of nitro groups is 1. The third kappa shape index (κ3) is 3.52. The lowest BCUT2D eigenvalue weighted by molar-refractivity contribution is -0.385. The number of aromatic nitrogens is 2. The van der Waals surface area contributed by atoms with Gasteiger partial charge >= 0.3 is 5.97 Å². The van der Waals surface area contributed by atoms with Crippen LogP contribution in [0.2, 0.25) is 0 Å². The van der Waals surface area contributed by atoms with Gasteiger partial charge in [-0.25, -0.2) is 4.79 Å². The van der Waals surface area contributed by atoms with Crippen molar-refractivity contribution in [3.05, 3.63) is 75.7 Å². The highest BCUT2D eigenvalue weighted by atomic mass is 16.6. The van der Waals surface area contributed by atoms with Gasteiger partial charge in [-0.1, -0.05) is 41.6 Å². The molecule has 0 fully saturated rings. The van der Waals surface area contributed by atoms with E-state index in [2.05, 4.69) is 10.1 Å². The van der Waals surface area contributed by atoms with Crippen LogP contribution in [0.15, 0.2) is 53.1 Å². The monoisotopic (exact) mass is 339 g/mol. The van der Waals surface area contributed by atoms with Crippen molar-refractivity contribution in [3.8, 4) is 11.4 Å². The van der Waals surface area contributed by atoms with Crippen LogP contribution in [0.1, 0.15) is 21.8 Å². The number of nitrogens with zero attached hydrogens (tertiary/aromatic N) is 3. The first-order valence-corrected chi connectivity index (χ1v) is 7.35. The molecule has 2 aromatic carbocycles. The van der Waals surface area contributed by atoms with E-state index in [0.717, 1.165) is 11.1 Å². The average molecular weight is 339 g/mol. The summed E-state index contributed by atoms with van der Waals surface area (Å²) in [6.07, 6.45) is 0. The quantitative estimate of drug-likeness (QED) is 0.398. The molecule has 0 aliphatic carbocycles. The van der Waals surface area contributed by atoms with Crippen molar-refractivity contribution in [1.82, 2.24) is 10.1 Å². The third-order valence-corrected chi connectivity index (χ3v) is 3.50. The van der Waals surface area contributed by atoms with Crippen LogP contribution < -0.4 is 0 Å². The lowest BCUT2D eigenvalue weighted by atomic mass is 10.1. The molecule has 0 spiro atoms. The number of ether oxygens (including phenoxy) is 1. The largest absolute Gasteiger partial charge is 0.452 e. The van der Waals surface area contributed by atoms with Gasteiger partial charge in [-0.2, -0.15) is 4.98 Å². The van der Waals surface area contributed by atoms with Crippen molar-refractivity contribution in [1.29, 1.82) is 0 Å². The smallest absolute Gasteiger partial charge is 0.345 e. The number of aryl methyl sites for hydroxylation is 1. The van der Waals surface area contributed by atoms with E-state index in [1.807, 2.05) is 31.2 Å². The predicted molar refractivity (Wildman–Crippen MR) is 86.7 cm³/mol. The molecule has 3 rings (SSSR count). The number of nitro benzene ring substituents is 1. The SMILES string of the molecule is Cc1ccccc1-c1noc(COC(=O)c2ccccc2[N+](=O)[O-])n1. The van der Waals surface area contributed by atoms with Gasteiger partial charge in [0.05, 0.1) is 4.92 Å². The Hall–Kier alpha value is -3.55. The Kier molecular flexibility index (Phi) is 4.51. The number of para-hydroxylation sites is 1. The minimum Gasteiger partial charge on any atom is -0.452 e. The van der Waals surface area contributed by atoms with Gasteiger partial charge in [0.15, 0.2) is 6.61 Å². The van der Waals surface area contributed by atoms with Crippen LogP contribution in [0.5, 0.6) is 0 Å². The van der Waals surface area contributed by atoms with Gasteiger partial charge < -0.3 is 9.26 Å². The third-order valence-electron chi connectivity index (χ3n) is 3.50. The first kappa shape index (κ1) is 16.3. The van der Waals surface area contributed by atoms with E-state index >= 15 is 0 Å². The minimum absolute atomic E-state index is 0.102. The highest BCUT2D eigenvalue weighted by Gasteiger charge is 2.21. The summed E-state index contributed by atoms with van der Waals surface area (Å²) in [7, 11) is 0. The van der Waals surface area contributed by atoms with E-state index in [0.29, 0.717) is 5.82 Å². The van der Waals surface area contributed by atoms with Gasteiger partial charge in [0.25, 0.3) is 11.6 Å². The molecule has 1 heterocycles. The molecule has 0 aliphatic heterocycles. The number of hydrogen-bond acceptors (Lipinski definition) is 7. The summed E-state index contributed by atoms with van der Waals surface area (Å²) in [4.78, 5) is 26.5. The summed E-state index contributed by atoms with van der Waals surface area (Å²) in [6, 6.07) is 13.1. The average Bonchev–Trinajstić information content (AvgIpc) is 3.08. The number of benzene rings is 2. The molecule has 0 saturated carbocycles. The van der Waals surface area contributed by atoms with Crippen LogP contribution in [-0.2, 0) is 11.3 Å². The number of esters is 1. The molecule has 0 amide bonds. The molecular formula is C17H13N3O5. The van der Waals surface area contributed by atoms with Crippen molar-refractivity contribution in [2.75, 3.05) is 0 Å². The molecular weight excluding hydrogens is 326 g/mol. The Labute approximate surface area is 142 Å². The molecule has 1 aromatic heterocycles. The zero-order valence-electron chi connectivity index (χ0n) is 13.2. The Balaban J connectivity index is 1.72. The molecule has 0 atom stereocenters. The first-order valence-electron chi connectivity index (χ1n) is 7.35. The van der Waals surface area contributed by atoms with Crippen LogP contribution in [0.4, 0.5) is 5.69 Å². The van der Waals surface area contributed by atoms with Crippen molar-refractivity contribution in [2.24, 2.45) is 0 Å². The topological polar surface area (TPSA) is 108 Å². The van der Waals surface area contributed by atoms with Crippen molar-refractivity contribution in [3.63, 3.8) is 0 Å². The van der Waals surface area contributed by atoms with Crippen LogP contribution in [0.3, 0.4) is 0 Å². The van der Waals surface area contributed by atoms with E-state index in [4.69, 9.17) is 9.26 Å². The highest BCUT2D eigenvalue weighted by molar-refractivity contribution is 5.93. The molecule has 8 heteroatoms. The fourth-order valence-electron chi connectivity index (χ4n) is 2.26. The Bertz CT molecular complexity index is 935. The maximum absolute atomic E-state index is 12.1. The molecule has 8 nitrogen and oxygen atoms in total. The van der Waals surface area contributed by atoms with Gasteiger partial charge in [0, 0.05) is 11.6 Å². The Morgan fingerprint density at radius 3 is 2.68 bits per heavy atom. The van der Waals surface area contributed by atoms with Crippen molar-refractivity contribution in [2.45, 2.75) is 13.5 Å². The molecule has 3 aromatic rings. The van der Waals surface area contributed by atoms with E-state index < -0.39 is 10.9 Å². The van der Waals surface area contributed by atoms with Crippen LogP contribution >= 0.6 is 0 Å². The second-order valence-electron chi connectivity index (χ2n) is 5.18. The number of hydrogen-bond donors (Lipinski definition) is 0. The standard InChI is InChI=1S/C17H13N3O5/c1-11-6-2-3-7-12(11)16-18-15(25-19-16)10-24-17(21)13-8-4-5-9-14(13)20(22)23/h2-9H,10H2,1H3. The normalized spacial score (nSPS) is 10.4. The molecule has 0 saturated heterocycles. The molecule has 25 heavy (non-hydrogen) atoms. The molecule has 126 valence electrons. The summed E-state index contributed by atoms with van der Waals surface area (Å²) in [6.45, 7) is 1.64. The Morgan fingerprint density at radius 2 is 1.92 bits per heavy atom.